The van der Waals surface area contributed by atoms with Gasteiger partial charge in [0.15, 0.2) is 5.69 Å². The van der Waals surface area contributed by atoms with E-state index in [0.717, 1.165) is 5.57 Å². The number of rotatable bonds is 6. The summed E-state index contributed by atoms with van der Waals surface area (Å²) in [4.78, 5) is 25.5. The quantitative estimate of drug-likeness (QED) is 0.641. The number of hydrogen-bond donors (Lipinski definition) is 3. The number of aromatic nitrogens is 2. The van der Waals surface area contributed by atoms with Crippen LogP contribution >= 0.6 is 0 Å². The van der Waals surface area contributed by atoms with E-state index < -0.39 is 5.97 Å². The molecule has 0 bridgehead atoms. The molecule has 0 saturated carbocycles. The largest absolute Gasteiger partial charge is 0.476 e. The van der Waals surface area contributed by atoms with Crippen molar-refractivity contribution in [2.45, 2.75) is 13.5 Å². The molecule has 0 unspecified atom stereocenters. The van der Waals surface area contributed by atoms with E-state index in [0.29, 0.717) is 19.6 Å². The van der Waals surface area contributed by atoms with Crippen molar-refractivity contribution in [2.75, 3.05) is 13.1 Å². The van der Waals surface area contributed by atoms with Gasteiger partial charge >= 0.3 is 12.0 Å². The molecule has 1 heterocycles. The zero-order chi connectivity index (χ0) is 13.5. The second-order valence-corrected chi connectivity index (χ2v) is 3.87. The van der Waals surface area contributed by atoms with Crippen molar-refractivity contribution in [1.29, 1.82) is 0 Å². The molecule has 0 spiro atoms. The molecule has 7 heteroatoms. The highest BCUT2D eigenvalue weighted by Crippen LogP contribution is 1.95. The predicted octanol–water partition coefficient (Wildman–Crippen LogP) is 0.457. The monoisotopic (exact) mass is 252 g/mol. The second-order valence-electron chi connectivity index (χ2n) is 3.87. The maximum Gasteiger partial charge on any atom is 0.356 e. The van der Waals surface area contributed by atoms with Gasteiger partial charge in [0.25, 0.3) is 0 Å². The molecule has 0 atom stereocenters. The fourth-order valence-corrected chi connectivity index (χ4v) is 1.19. The van der Waals surface area contributed by atoms with Crippen LogP contribution in [-0.4, -0.2) is 39.7 Å². The van der Waals surface area contributed by atoms with Crippen molar-refractivity contribution >= 4 is 12.0 Å². The number of carbonyl (C=O) groups is 2. The van der Waals surface area contributed by atoms with E-state index in [2.05, 4.69) is 22.2 Å². The molecule has 18 heavy (non-hydrogen) atoms. The minimum atomic E-state index is -1.07. The van der Waals surface area contributed by atoms with Crippen molar-refractivity contribution < 1.29 is 14.7 Å². The summed E-state index contributed by atoms with van der Waals surface area (Å²) in [6, 6.07) is -0.281. The minimum Gasteiger partial charge on any atom is -0.476 e. The average molecular weight is 252 g/mol. The van der Waals surface area contributed by atoms with Crippen LogP contribution in [0.25, 0.3) is 0 Å². The summed E-state index contributed by atoms with van der Waals surface area (Å²) in [5.74, 6) is -1.07. The first-order valence-corrected chi connectivity index (χ1v) is 5.40. The minimum absolute atomic E-state index is 0.0123. The van der Waals surface area contributed by atoms with Crippen LogP contribution in [0.15, 0.2) is 24.7 Å². The van der Waals surface area contributed by atoms with Gasteiger partial charge in [0.2, 0.25) is 0 Å². The summed E-state index contributed by atoms with van der Waals surface area (Å²) >= 11 is 0. The Morgan fingerprint density at radius 3 is 2.78 bits per heavy atom. The highest BCUT2D eigenvalue weighted by molar-refractivity contribution is 5.84. The molecular formula is C11H16N4O3. The van der Waals surface area contributed by atoms with E-state index >= 15 is 0 Å². The van der Waals surface area contributed by atoms with Crippen LogP contribution in [0.4, 0.5) is 4.79 Å². The lowest BCUT2D eigenvalue weighted by Gasteiger charge is -2.07. The van der Waals surface area contributed by atoms with Crippen molar-refractivity contribution in [3.05, 3.63) is 30.4 Å². The predicted molar refractivity (Wildman–Crippen MR) is 65.4 cm³/mol. The molecule has 1 rings (SSSR count). The number of carbonyl (C=O) groups excluding carboxylic acids is 1. The molecule has 0 aliphatic carbocycles. The standard InChI is InChI=1S/C11H16N4O3/c1-8(2)5-13-11(18)12-3-4-15-6-9(10(16)17)14-7-15/h6-7H,1,3-5H2,2H3,(H,16,17)(H2,12,13,18). The molecule has 0 fully saturated rings. The summed E-state index contributed by atoms with van der Waals surface area (Å²) in [6.07, 6.45) is 2.83. The number of nitrogens with one attached hydrogen (secondary N) is 2. The zero-order valence-electron chi connectivity index (χ0n) is 10.1. The Hall–Kier alpha value is -2.31. The summed E-state index contributed by atoms with van der Waals surface area (Å²) in [7, 11) is 0. The molecule has 7 nitrogen and oxygen atoms in total. The van der Waals surface area contributed by atoms with E-state index in [1.807, 2.05) is 6.92 Å². The number of carboxylic acids is 1. The van der Waals surface area contributed by atoms with Crippen molar-refractivity contribution in [3.8, 4) is 0 Å². The Kier molecular flexibility index (Phi) is 4.91. The van der Waals surface area contributed by atoms with Gasteiger partial charge in [-0.1, -0.05) is 12.2 Å². The maximum atomic E-state index is 11.3. The van der Waals surface area contributed by atoms with Gasteiger partial charge in [-0.2, -0.15) is 0 Å². The van der Waals surface area contributed by atoms with Crippen molar-refractivity contribution in [1.82, 2.24) is 20.2 Å². The van der Waals surface area contributed by atoms with E-state index in [-0.39, 0.29) is 11.7 Å². The Morgan fingerprint density at radius 2 is 2.22 bits per heavy atom. The fourth-order valence-electron chi connectivity index (χ4n) is 1.19. The summed E-state index contributed by atoms with van der Waals surface area (Å²) in [5.41, 5.74) is 0.854. The molecule has 0 saturated heterocycles. The first-order valence-electron chi connectivity index (χ1n) is 5.40. The van der Waals surface area contributed by atoms with Crippen LogP contribution in [0.3, 0.4) is 0 Å². The van der Waals surface area contributed by atoms with Gasteiger partial charge in [0.05, 0.1) is 6.33 Å². The number of aromatic carboxylic acids is 1. The molecule has 0 aromatic carbocycles. The highest BCUT2D eigenvalue weighted by atomic mass is 16.4. The van der Waals surface area contributed by atoms with Crippen molar-refractivity contribution in [2.24, 2.45) is 0 Å². The SMILES string of the molecule is C=C(C)CNC(=O)NCCn1cnc(C(=O)O)c1. The Balaban J connectivity index is 2.26. The molecule has 1 aromatic heterocycles. The van der Waals surface area contributed by atoms with Gasteiger partial charge in [-0.15, -0.1) is 0 Å². The highest BCUT2D eigenvalue weighted by Gasteiger charge is 2.06. The van der Waals surface area contributed by atoms with Gasteiger partial charge in [-0.25, -0.2) is 14.6 Å². The Bertz CT molecular complexity index is 453. The van der Waals surface area contributed by atoms with Crippen LogP contribution in [-0.2, 0) is 6.54 Å². The van der Waals surface area contributed by atoms with Gasteiger partial charge < -0.3 is 20.3 Å². The topological polar surface area (TPSA) is 96.3 Å². The summed E-state index contributed by atoms with van der Waals surface area (Å²) < 4.78 is 1.60. The third-order valence-electron chi connectivity index (χ3n) is 2.06. The molecule has 98 valence electrons. The van der Waals surface area contributed by atoms with Gasteiger partial charge in [0, 0.05) is 25.8 Å². The maximum absolute atomic E-state index is 11.3. The first-order chi connectivity index (χ1) is 8.49. The number of carboxylic acid groups (broad SMARTS) is 1. The third kappa shape index (κ3) is 4.69. The van der Waals surface area contributed by atoms with Gasteiger partial charge in [-0.3, -0.25) is 0 Å². The number of amides is 2. The molecule has 3 N–H and O–H groups in total. The molecule has 0 aliphatic heterocycles. The van der Waals surface area contributed by atoms with E-state index in [1.54, 1.807) is 4.57 Å². The van der Waals surface area contributed by atoms with Crippen molar-refractivity contribution in [3.63, 3.8) is 0 Å². The second kappa shape index (κ2) is 6.43. The van der Waals surface area contributed by atoms with Crippen LogP contribution in [0.1, 0.15) is 17.4 Å². The first kappa shape index (κ1) is 13.8. The Morgan fingerprint density at radius 1 is 1.50 bits per heavy atom. The number of urea groups is 1. The third-order valence-corrected chi connectivity index (χ3v) is 2.06. The smallest absolute Gasteiger partial charge is 0.356 e. The average Bonchev–Trinajstić information content (AvgIpc) is 2.75. The molecule has 0 aliphatic rings. The van der Waals surface area contributed by atoms with Gasteiger partial charge in [0.1, 0.15) is 0 Å². The lowest BCUT2D eigenvalue weighted by molar-refractivity contribution is 0.0691. The van der Waals surface area contributed by atoms with E-state index in [9.17, 15) is 9.59 Å². The lowest BCUT2D eigenvalue weighted by atomic mass is 10.3. The van der Waals surface area contributed by atoms with E-state index in [4.69, 9.17) is 5.11 Å². The number of hydrogen-bond acceptors (Lipinski definition) is 3. The van der Waals surface area contributed by atoms with Crippen LogP contribution in [0, 0.1) is 0 Å². The molecule has 0 radical (unpaired) electrons. The normalized spacial score (nSPS) is 9.83. The molecule has 1 aromatic rings. The van der Waals surface area contributed by atoms with Crippen LogP contribution in [0.2, 0.25) is 0 Å². The number of nitrogens with zero attached hydrogens (tertiary/aromatic N) is 2. The van der Waals surface area contributed by atoms with Crippen LogP contribution in [0.5, 0.6) is 0 Å². The number of imidazole rings is 1. The van der Waals surface area contributed by atoms with Gasteiger partial charge in [-0.05, 0) is 6.92 Å². The molecular weight excluding hydrogens is 236 g/mol. The summed E-state index contributed by atoms with van der Waals surface area (Å²) in [6.45, 7) is 6.76. The Labute approximate surface area is 105 Å². The fraction of sp³-hybridized carbons (Fsp3) is 0.364. The zero-order valence-corrected chi connectivity index (χ0v) is 10.1. The summed E-state index contributed by atoms with van der Waals surface area (Å²) in [5, 5.41) is 13.9. The van der Waals surface area contributed by atoms with Crippen LogP contribution < -0.4 is 10.6 Å². The molecule has 2 amide bonds. The lowest BCUT2D eigenvalue weighted by Crippen LogP contribution is -2.37. The van der Waals surface area contributed by atoms with E-state index in [1.165, 1.54) is 12.5 Å².